The number of allylic oxidation sites excluding steroid dienone is 1. The molecule has 1 aromatic rings. The molecule has 0 aliphatic heterocycles. The number of hydrogen-bond donors (Lipinski definition) is 0. The summed E-state index contributed by atoms with van der Waals surface area (Å²) in [5.41, 5.74) is 2.93. The predicted molar refractivity (Wildman–Crippen MR) is 115 cm³/mol. The number of rotatable bonds is 3. The zero-order chi connectivity index (χ0) is 20.2. The molecule has 154 valence electrons. The molecule has 0 bridgehead atoms. The summed E-state index contributed by atoms with van der Waals surface area (Å²) in [5, 5.41) is 0. The van der Waals surface area contributed by atoms with E-state index in [4.69, 9.17) is 0 Å². The zero-order valence-corrected chi connectivity index (χ0v) is 18.0. The van der Waals surface area contributed by atoms with E-state index in [1.54, 1.807) is 0 Å². The van der Waals surface area contributed by atoms with Crippen molar-refractivity contribution in [2.45, 2.75) is 71.6 Å². The molecule has 0 aromatic heterocycles. The highest BCUT2D eigenvalue weighted by Gasteiger charge is 2.61. The quantitative estimate of drug-likeness (QED) is 0.639. The molecule has 2 heteroatoms. The van der Waals surface area contributed by atoms with Crippen LogP contribution in [0.25, 0.3) is 0 Å². The Bertz CT molecular complexity index is 853. The van der Waals surface area contributed by atoms with Crippen molar-refractivity contribution in [3.8, 4) is 0 Å². The summed E-state index contributed by atoms with van der Waals surface area (Å²) in [6, 6.07) is 10.8. The van der Waals surface area contributed by atoms with E-state index in [2.05, 4.69) is 44.2 Å². The van der Waals surface area contributed by atoms with Gasteiger partial charge in [0.05, 0.1) is 0 Å². The van der Waals surface area contributed by atoms with Gasteiger partial charge in [0.2, 0.25) is 0 Å². The molecule has 3 saturated carbocycles. The third-order valence-corrected chi connectivity index (χ3v) is 9.49. The zero-order valence-electron chi connectivity index (χ0n) is 18.0. The fourth-order valence-corrected chi connectivity index (χ4v) is 7.77. The van der Waals surface area contributed by atoms with Crippen LogP contribution in [0.2, 0.25) is 0 Å². The maximum absolute atomic E-state index is 12.8. The van der Waals surface area contributed by atoms with Gasteiger partial charge in [-0.05, 0) is 85.7 Å². The van der Waals surface area contributed by atoms with E-state index in [1.807, 2.05) is 6.08 Å². The Morgan fingerprint density at radius 1 is 0.931 bits per heavy atom. The largest absolute Gasteiger partial charge is 0.299 e. The summed E-state index contributed by atoms with van der Waals surface area (Å²) >= 11 is 0. The molecule has 3 fully saturated rings. The van der Waals surface area contributed by atoms with Crippen LogP contribution in [0.15, 0.2) is 42.0 Å². The number of carbonyl (C=O) groups excluding carboxylic acids is 2. The van der Waals surface area contributed by atoms with Gasteiger partial charge in [-0.2, -0.15) is 0 Å². The Hall–Kier alpha value is -1.70. The molecule has 3 unspecified atom stereocenters. The molecule has 0 heterocycles. The molecular weight excluding hydrogens is 356 g/mol. The molecule has 4 aliphatic carbocycles. The first-order valence-corrected chi connectivity index (χ1v) is 11.7. The molecule has 1 aromatic carbocycles. The highest BCUT2D eigenvalue weighted by Crippen LogP contribution is 2.66. The Morgan fingerprint density at radius 3 is 2.48 bits per heavy atom. The normalized spacial score (nSPS) is 41.4. The standard InChI is InChI=1S/C27H34O2/c1-26-14-12-21(28)17-20(26)16-19(9-8-18-6-4-3-5-7-18)25-22-10-11-24(29)27(22,2)15-13-23(25)26/h3-7,17,19,22-23,25H,8-16H2,1-2H3/t19-,22?,23?,25?,26+,27+/m1/s1. The molecule has 29 heavy (non-hydrogen) atoms. The Labute approximate surface area is 175 Å². The minimum absolute atomic E-state index is 0.0891. The average Bonchev–Trinajstić information content (AvgIpc) is 3.02. The van der Waals surface area contributed by atoms with E-state index in [-0.39, 0.29) is 10.8 Å². The van der Waals surface area contributed by atoms with Crippen molar-refractivity contribution in [3.63, 3.8) is 0 Å². The summed E-state index contributed by atoms with van der Waals surface area (Å²) in [7, 11) is 0. The Kier molecular flexibility index (Phi) is 4.60. The first-order valence-electron chi connectivity index (χ1n) is 11.7. The molecular formula is C27H34O2. The second-order valence-corrected chi connectivity index (χ2v) is 10.8. The van der Waals surface area contributed by atoms with Crippen LogP contribution in [-0.2, 0) is 16.0 Å². The van der Waals surface area contributed by atoms with Crippen LogP contribution in [-0.4, -0.2) is 11.6 Å². The number of ketones is 2. The SMILES string of the molecule is C[C@]12CCC(=O)C=C1C[C@@H](CCc1ccccc1)C1C2CC[C@]2(C)C(=O)CCC12. The number of fused-ring (bicyclic) bond motifs is 5. The molecule has 6 atom stereocenters. The number of benzene rings is 1. The van der Waals surface area contributed by atoms with Gasteiger partial charge in [-0.15, -0.1) is 0 Å². The van der Waals surface area contributed by atoms with E-state index in [0.29, 0.717) is 41.7 Å². The van der Waals surface area contributed by atoms with Crippen molar-refractivity contribution in [1.82, 2.24) is 0 Å². The Morgan fingerprint density at radius 2 is 1.69 bits per heavy atom. The number of Topliss-reactive ketones (excluding diaryl/α,β-unsaturated/α-hetero) is 1. The number of hydrogen-bond acceptors (Lipinski definition) is 2. The third kappa shape index (κ3) is 2.97. The van der Waals surface area contributed by atoms with Gasteiger partial charge in [-0.25, -0.2) is 0 Å². The molecule has 0 spiro atoms. The molecule has 0 radical (unpaired) electrons. The van der Waals surface area contributed by atoms with E-state index >= 15 is 0 Å². The smallest absolute Gasteiger partial charge is 0.155 e. The lowest BCUT2D eigenvalue weighted by molar-refractivity contribution is -0.135. The van der Waals surface area contributed by atoms with Crippen LogP contribution in [0.1, 0.15) is 70.8 Å². The fraction of sp³-hybridized carbons (Fsp3) is 0.630. The topological polar surface area (TPSA) is 34.1 Å². The monoisotopic (exact) mass is 390 g/mol. The van der Waals surface area contributed by atoms with Crippen LogP contribution in [0.5, 0.6) is 0 Å². The van der Waals surface area contributed by atoms with Crippen LogP contribution >= 0.6 is 0 Å². The van der Waals surface area contributed by atoms with E-state index in [1.165, 1.54) is 17.6 Å². The summed E-state index contributed by atoms with van der Waals surface area (Å²) in [6.07, 6.45) is 11.2. The molecule has 5 rings (SSSR count). The number of carbonyl (C=O) groups is 2. The first kappa shape index (κ1) is 19.3. The maximum atomic E-state index is 12.8. The molecule has 2 nitrogen and oxygen atoms in total. The first-order chi connectivity index (χ1) is 13.9. The van der Waals surface area contributed by atoms with Gasteiger partial charge < -0.3 is 0 Å². The second kappa shape index (κ2) is 6.93. The van der Waals surface area contributed by atoms with Gasteiger partial charge >= 0.3 is 0 Å². The van der Waals surface area contributed by atoms with Crippen molar-refractivity contribution in [2.24, 2.45) is 34.5 Å². The highest BCUT2D eigenvalue weighted by molar-refractivity contribution is 5.91. The van der Waals surface area contributed by atoms with Crippen LogP contribution in [0.4, 0.5) is 0 Å². The van der Waals surface area contributed by atoms with Gasteiger partial charge in [0.25, 0.3) is 0 Å². The maximum Gasteiger partial charge on any atom is 0.155 e. The van der Waals surface area contributed by atoms with Crippen molar-refractivity contribution >= 4 is 11.6 Å². The molecule has 0 N–H and O–H groups in total. The van der Waals surface area contributed by atoms with Crippen LogP contribution in [0, 0.1) is 34.5 Å². The Balaban J connectivity index is 1.50. The molecule has 4 aliphatic rings. The van der Waals surface area contributed by atoms with E-state index < -0.39 is 0 Å². The van der Waals surface area contributed by atoms with Gasteiger partial charge in [0.15, 0.2) is 5.78 Å². The van der Waals surface area contributed by atoms with Gasteiger partial charge in [0.1, 0.15) is 5.78 Å². The van der Waals surface area contributed by atoms with E-state index in [9.17, 15) is 9.59 Å². The summed E-state index contributed by atoms with van der Waals surface area (Å²) in [5.74, 6) is 3.27. The summed E-state index contributed by atoms with van der Waals surface area (Å²) in [4.78, 5) is 25.1. The fourth-order valence-electron chi connectivity index (χ4n) is 7.77. The predicted octanol–water partition coefficient (Wildman–Crippen LogP) is 5.95. The lowest BCUT2D eigenvalue weighted by atomic mass is 9.44. The molecule has 0 saturated heterocycles. The van der Waals surface area contributed by atoms with Crippen molar-refractivity contribution < 1.29 is 9.59 Å². The van der Waals surface area contributed by atoms with Crippen LogP contribution in [0.3, 0.4) is 0 Å². The molecule has 0 amide bonds. The minimum Gasteiger partial charge on any atom is -0.299 e. The van der Waals surface area contributed by atoms with Crippen LogP contribution < -0.4 is 0 Å². The summed E-state index contributed by atoms with van der Waals surface area (Å²) in [6.45, 7) is 4.71. The van der Waals surface area contributed by atoms with Gasteiger partial charge in [-0.1, -0.05) is 49.8 Å². The minimum atomic E-state index is -0.0891. The van der Waals surface area contributed by atoms with Crippen molar-refractivity contribution in [1.29, 1.82) is 0 Å². The lowest BCUT2D eigenvalue weighted by Gasteiger charge is -2.59. The highest BCUT2D eigenvalue weighted by atomic mass is 16.1. The summed E-state index contributed by atoms with van der Waals surface area (Å²) < 4.78 is 0. The third-order valence-electron chi connectivity index (χ3n) is 9.49. The average molecular weight is 391 g/mol. The van der Waals surface area contributed by atoms with E-state index in [0.717, 1.165) is 44.9 Å². The van der Waals surface area contributed by atoms with Crippen molar-refractivity contribution in [3.05, 3.63) is 47.5 Å². The van der Waals surface area contributed by atoms with Crippen molar-refractivity contribution in [2.75, 3.05) is 0 Å². The van der Waals surface area contributed by atoms with Gasteiger partial charge in [-0.3, -0.25) is 9.59 Å². The second-order valence-electron chi connectivity index (χ2n) is 10.8. The number of aryl methyl sites for hydroxylation is 1. The lowest BCUT2D eigenvalue weighted by Crippen LogP contribution is -2.53. The van der Waals surface area contributed by atoms with Gasteiger partial charge in [0, 0.05) is 18.3 Å².